The molecule has 2 aliphatic heterocycles. The van der Waals surface area contributed by atoms with Crippen LogP contribution in [-0.4, -0.2) is 69.8 Å². The van der Waals surface area contributed by atoms with Gasteiger partial charge in [0.1, 0.15) is 16.7 Å². The number of thiocarbonyl (C=S) groups is 1. The minimum absolute atomic E-state index is 0.00795. The Bertz CT molecular complexity index is 1620. The first-order valence-corrected chi connectivity index (χ1v) is 16.0. The summed E-state index contributed by atoms with van der Waals surface area (Å²) < 4.78 is 6.55. The van der Waals surface area contributed by atoms with E-state index in [1.54, 1.807) is 24.3 Å². The highest BCUT2D eigenvalue weighted by molar-refractivity contribution is 8.26. The Morgan fingerprint density at radius 1 is 1.02 bits per heavy atom. The van der Waals surface area contributed by atoms with E-state index >= 15 is 0 Å². The number of thioether (sulfide) groups is 1. The summed E-state index contributed by atoms with van der Waals surface area (Å²) in [6.45, 7) is 3.56. The maximum absolute atomic E-state index is 13.4. The van der Waals surface area contributed by atoms with Crippen molar-refractivity contribution in [1.29, 1.82) is 0 Å². The van der Waals surface area contributed by atoms with Crippen molar-refractivity contribution in [2.45, 2.75) is 19.3 Å². The lowest BCUT2D eigenvalue weighted by molar-refractivity contribution is -0.122. The summed E-state index contributed by atoms with van der Waals surface area (Å²) >= 11 is 19.4. The Kier molecular flexibility index (Phi) is 10.6. The molecule has 8 nitrogen and oxygen atoms in total. The number of ether oxygens (including phenoxy) is 1. The summed E-state index contributed by atoms with van der Waals surface area (Å²) in [4.78, 5) is 41.2. The molecule has 3 aromatic carbocycles. The average molecular weight is 671 g/mol. The molecule has 3 aromatic rings. The van der Waals surface area contributed by atoms with Gasteiger partial charge in [-0.15, -0.1) is 0 Å². The lowest BCUT2D eigenvalue weighted by atomic mass is 10.0. The van der Waals surface area contributed by atoms with Gasteiger partial charge in [-0.3, -0.25) is 19.4 Å². The number of carbonyl (C=O) groups excluding carboxylic acids is 2. The van der Waals surface area contributed by atoms with Crippen molar-refractivity contribution in [3.05, 3.63) is 86.7 Å². The number of anilines is 1. The molecule has 0 bridgehead atoms. The minimum Gasteiger partial charge on any atom is -0.492 e. The van der Waals surface area contributed by atoms with E-state index in [2.05, 4.69) is 10.2 Å². The first-order chi connectivity index (χ1) is 21.2. The molecule has 5 rings (SSSR count). The highest BCUT2D eigenvalue weighted by Gasteiger charge is 2.32. The monoisotopic (exact) mass is 669 g/mol. The number of likely N-dealkylation sites (tertiary alicyclic amines) is 1. The molecule has 2 saturated heterocycles. The first kappa shape index (κ1) is 32.0. The van der Waals surface area contributed by atoms with E-state index in [0.717, 1.165) is 30.8 Å². The van der Waals surface area contributed by atoms with E-state index < -0.39 is 5.97 Å². The molecule has 12 heteroatoms. The van der Waals surface area contributed by atoms with Crippen molar-refractivity contribution in [2.24, 2.45) is 0 Å². The number of carboxylic acid groups (broad SMARTS) is 1. The molecule has 0 unspecified atom stereocenters. The Labute approximate surface area is 275 Å². The Hall–Kier alpha value is -3.41. The molecule has 2 heterocycles. The zero-order chi connectivity index (χ0) is 31.2. The number of benzene rings is 3. The van der Waals surface area contributed by atoms with Crippen LogP contribution in [0.3, 0.4) is 0 Å². The van der Waals surface area contributed by atoms with Crippen LogP contribution in [0.25, 0.3) is 17.2 Å². The SMILES string of the molecule is O=C(CCN1C(=O)/C(=C/c2cc(-c3cc(Cl)ccc3Cl)ccc2OCCN2CCCC2)SC1=S)Nc1ccc(C(=O)O)cc1. The van der Waals surface area contributed by atoms with E-state index in [4.69, 9.17) is 45.3 Å². The number of halogens is 2. The highest BCUT2D eigenvalue weighted by atomic mass is 35.5. The maximum atomic E-state index is 13.4. The van der Waals surface area contributed by atoms with Gasteiger partial charge in [0.05, 0.1) is 10.5 Å². The fourth-order valence-electron chi connectivity index (χ4n) is 4.94. The predicted octanol–water partition coefficient (Wildman–Crippen LogP) is 7.06. The normalized spacial score (nSPS) is 16.1. The van der Waals surface area contributed by atoms with E-state index in [-0.39, 0.29) is 30.3 Å². The van der Waals surface area contributed by atoms with Gasteiger partial charge in [0.2, 0.25) is 5.91 Å². The second-order valence-electron chi connectivity index (χ2n) is 10.3. The molecule has 2 amide bonds. The van der Waals surface area contributed by atoms with Gasteiger partial charge < -0.3 is 15.2 Å². The van der Waals surface area contributed by atoms with Gasteiger partial charge in [-0.2, -0.15) is 0 Å². The summed E-state index contributed by atoms with van der Waals surface area (Å²) in [5.74, 6) is -1.05. The van der Waals surface area contributed by atoms with E-state index in [9.17, 15) is 14.4 Å². The zero-order valence-corrected chi connectivity index (χ0v) is 26.7. The topological polar surface area (TPSA) is 99.2 Å². The number of nitrogens with zero attached hydrogens (tertiary/aromatic N) is 2. The van der Waals surface area contributed by atoms with Crippen LogP contribution in [0.15, 0.2) is 65.6 Å². The van der Waals surface area contributed by atoms with Crippen molar-refractivity contribution in [1.82, 2.24) is 9.80 Å². The van der Waals surface area contributed by atoms with Gasteiger partial charge in [0, 0.05) is 46.4 Å². The number of aromatic carboxylic acids is 1. The van der Waals surface area contributed by atoms with Gasteiger partial charge in [-0.05, 0) is 92.2 Å². The van der Waals surface area contributed by atoms with Crippen LogP contribution in [0.4, 0.5) is 5.69 Å². The van der Waals surface area contributed by atoms with Crippen LogP contribution >= 0.6 is 47.2 Å². The smallest absolute Gasteiger partial charge is 0.335 e. The molecule has 44 heavy (non-hydrogen) atoms. The second kappa shape index (κ2) is 14.6. The number of hydrogen-bond acceptors (Lipinski definition) is 7. The van der Waals surface area contributed by atoms with Crippen LogP contribution in [-0.2, 0) is 9.59 Å². The van der Waals surface area contributed by atoms with Crippen LogP contribution in [0.5, 0.6) is 5.75 Å². The summed E-state index contributed by atoms with van der Waals surface area (Å²) in [5.41, 5.74) is 2.85. The molecule has 0 atom stereocenters. The van der Waals surface area contributed by atoms with E-state index in [0.29, 0.717) is 42.9 Å². The maximum Gasteiger partial charge on any atom is 0.335 e. The van der Waals surface area contributed by atoms with Gasteiger partial charge in [0.15, 0.2) is 0 Å². The van der Waals surface area contributed by atoms with Gasteiger partial charge >= 0.3 is 5.97 Å². The molecular weight excluding hydrogens is 641 g/mol. The van der Waals surface area contributed by atoms with Crippen molar-refractivity contribution >= 4 is 81.0 Å². The summed E-state index contributed by atoms with van der Waals surface area (Å²) in [6, 6.07) is 16.8. The molecule has 0 spiro atoms. The largest absolute Gasteiger partial charge is 0.492 e. The predicted molar refractivity (Wildman–Crippen MR) is 180 cm³/mol. The summed E-state index contributed by atoms with van der Waals surface area (Å²) in [5, 5.41) is 12.9. The molecule has 2 aliphatic rings. The molecule has 228 valence electrons. The standard InChI is InChI=1S/C32H29Cl2N3O5S2/c33-23-6-9-26(34)25(19-23)21-5-10-27(42-16-15-36-12-1-2-13-36)22(17-21)18-28-30(39)37(32(43)44-28)14-11-29(38)35-24-7-3-20(4-8-24)31(40)41/h3-10,17-19H,1-2,11-16H2,(H,35,38)(H,40,41)/b28-18-. The van der Waals surface area contributed by atoms with Gasteiger partial charge in [0.25, 0.3) is 5.91 Å². The zero-order valence-electron chi connectivity index (χ0n) is 23.6. The molecule has 0 radical (unpaired) electrons. The summed E-state index contributed by atoms with van der Waals surface area (Å²) in [6.07, 6.45) is 4.16. The van der Waals surface area contributed by atoms with Crippen molar-refractivity contribution in [3.8, 4) is 16.9 Å². The fraction of sp³-hybridized carbons (Fsp3) is 0.250. The minimum atomic E-state index is -1.05. The molecule has 2 fully saturated rings. The number of carboxylic acids is 1. The third kappa shape index (κ3) is 7.99. The van der Waals surface area contributed by atoms with Crippen molar-refractivity contribution in [3.63, 3.8) is 0 Å². The third-order valence-electron chi connectivity index (χ3n) is 7.25. The molecule has 0 aromatic heterocycles. The number of rotatable bonds is 11. The first-order valence-electron chi connectivity index (χ1n) is 14.0. The molecule has 0 aliphatic carbocycles. The number of amides is 2. The lowest BCUT2D eigenvalue weighted by Gasteiger charge is -2.17. The second-order valence-corrected chi connectivity index (χ2v) is 12.8. The van der Waals surface area contributed by atoms with Crippen LogP contribution in [0.2, 0.25) is 10.0 Å². The average Bonchev–Trinajstić information content (AvgIpc) is 3.61. The van der Waals surface area contributed by atoms with Crippen LogP contribution < -0.4 is 10.1 Å². The number of hydrogen-bond donors (Lipinski definition) is 2. The van der Waals surface area contributed by atoms with Gasteiger partial charge in [-0.1, -0.05) is 53.2 Å². The summed E-state index contributed by atoms with van der Waals surface area (Å²) in [7, 11) is 0. The van der Waals surface area contributed by atoms with Crippen LogP contribution in [0, 0.1) is 0 Å². The van der Waals surface area contributed by atoms with Crippen molar-refractivity contribution in [2.75, 3.05) is 38.1 Å². The Morgan fingerprint density at radius 3 is 2.50 bits per heavy atom. The molecular formula is C32H29Cl2N3O5S2. The number of carbonyl (C=O) groups is 3. The van der Waals surface area contributed by atoms with Crippen molar-refractivity contribution < 1.29 is 24.2 Å². The lowest BCUT2D eigenvalue weighted by Crippen LogP contribution is -2.31. The number of nitrogens with one attached hydrogen (secondary N) is 1. The van der Waals surface area contributed by atoms with E-state index in [1.807, 2.05) is 18.2 Å². The fourth-order valence-corrected chi connectivity index (χ4v) is 6.64. The Morgan fingerprint density at radius 2 is 1.77 bits per heavy atom. The van der Waals surface area contributed by atoms with E-state index in [1.165, 1.54) is 53.8 Å². The van der Waals surface area contributed by atoms with Crippen LogP contribution in [0.1, 0.15) is 35.2 Å². The molecule has 0 saturated carbocycles. The third-order valence-corrected chi connectivity index (χ3v) is 9.19. The molecule has 2 N–H and O–H groups in total. The Balaban J connectivity index is 1.31. The quantitative estimate of drug-likeness (QED) is 0.165. The highest BCUT2D eigenvalue weighted by Crippen LogP contribution is 2.37. The van der Waals surface area contributed by atoms with Gasteiger partial charge in [-0.25, -0.2) is 4.79 Å².